The van der Waals surface area contributed by atoms with Crippen LogP contribution < -0.4 is 19.5 Å². The molecule has 0 spiro atoms. The molecule has 3 aromatic rings. The van der Waals surface area contributed by atoms with Gasteiger partial charge < -0.3 is 38.7 Å². The van der Waals surface area contributed by atoms with Crippen molar-refractivity contribution in [2.75, 3.05) is 27.9 Å². The van der Waals surface area contributed by atoms with Crippen molar-refractivity contribution in [1.29, 1.82) is 0 Å². The van der Waals surface area contributed by atoms with E-state index in [2.05, 4.69) is 10.3 Å². The molecule has 9 heteroatoms. The summed E-state index contributed by atoms with van der Waals surface area (Å²) in [7, 11) is 4.82. The van der Waals surface area contributed by atoms with Gasteiger partial charge in [-0.3, -0.25) is 0 Å². The maximum atomic E-state index is 11.4. The first kappa shape index (κ1) is 21.0. The molecule has 0 saturated carbocycles. The molecule has 5 rings (SSSR count). The predicted octanol–water partition coefficient (Wildman–Crippen LogP) is 1.88. The first-order chi connectivity index (χ1) is 15.6. The van der Waals surface area contributed by atoms with Crippen LogP contribution in [0.1, 0.15) is 11.6 Å². The molecular formula is C23H27N3O6. The summed E-state index contributed by atoms with van der Waals surface area (Å²) >= 11 is 0. The van der Waals surface area contributed by atoms with Gasteiger partial charge in [0.1, 0.15) is 17.9 Å². The number of nitrogens with zero attached hydrogens (tertiary/aromatic N) is 2. The lowest BCUT2D eigenvalue weighted by atomic mass is 9.95. The zero-order valence-corrected chi connectivity index (χ0v) is 18.2. The number of nitrogens with one attached hydrogen (secondary N) is 1. The average molecular weight is 441 g/mol. The summed E-state index contributed by atoms with van der Waals surface area (Å²) in [4.78, 5) is 4.50. The largest absolute Gasteiger partial charge is 0.497 e. The fourth-order valence-electron chi connectivity index (χ4n) is 4.52. The van der Waals surface area contributed by atoms with E-state index in [1.807, 2.05) is 41.0 Å². The second kappa shape index (κ2) is 8.59. The molecule has 2 aliphatic heterocycles. The summed E-state index contributed by atoms with van der Waals surface area (Å²) in [6.45, 7) is 1.00. The molecule has 0 unspecified atom stereocenters. The molecule has 2 bridgehead atoms. The summed E-state index contributed by atoms with van der Waals surface area (Å²) < 4.78 is 30.0. The van der Waals surface area contributed by atoms with Gasteiger partial charge in [-0.1, -0.05) is 12.1 Å². The van der Waals surface area contributed by atoms with Crippen LogP contribution in [-0.4, -0.2) is 67.1 Å². The van der Waals surface area contributed by atoms with Crippen LogP contribution in [0.25, 0.3) is 11.0 Å². The molecule has 1 aromatic heterocycles. The monoisotopic (exact) mass is 441 g/mol. The molecule has 2 N–H and O–H groups in total. The van der Waals surface area contributed by atoms with Crippen molar-refractivity contribution in [3.05, 3.63) is 48.3 Å². The van der Waals surface area contributed by atoms with Gasteiger partial charge in [0.25, 0.3) is 0 Å². The van der Waals surface area contributed by atoms with Gasteiger partial charge in [-0.05, 0) is 17.7 Å². The third kappa shape index (κ3) is 3.57. The number of hydrogen-bond donors (Lipinski definition) is 2. The highest BCUT2D eigenvalue weighted by Gasteiger charge is 2.51. The highest BCUT2D eigenvalue weighted by molar-refractivity contribution is 5.80. The third-order valence-corrected chi connectivity index (χ3v) is 6.23. The summed E-state index contributed by atoms with van der Waals surface area (Å²) in [5, 5.41) is 14.8. The number of aliphatic hydroxyl groups is 1. The fraction of sp³-hybridized carbons (Fsp3) is 0.435. The number of ether oxygens (including phenoxy) is 5. The van der Waals surface area contributed by atoms with E-state index in [1.165, 1.54) is 0 Å². The maximum absolute atomic E-state index is 11.4. The number of aliphatic hydroxyl groups excluding tert-OH is 1. The van der Waals surface area contributed by atoms with Crippen LogP contribution in [0.15, 0.2) is 42.7 Å². The Morgan fingerprint density at radius 1 is 1.09 bits per heavy atom. The standard InChI is InChI=1S/C23H27N3O6/c1-28-14-6-4-13(5-7-14)10-24-20-19-11-31-23(32-19)21(22(20)27)26-12-25-15-8-17(29-2)18(30-3)9-16(15)26/h4-9,12,19-24,27H,10-11H2,1-3H3/t19-,20-,21-,22+,23-/m1/s1. The van der Waals surface area contributed by atoms with Crippen molar-refractivity contribution in [1.82, 2.24) is 14.9 Å². The lowest BCUT2D eigenvalue weighted by Crippen LogP contribution is -2.57. The van der Waals surface area contributed by atoms with Gasteiger partial charge in [-0.15, -0.1) is 0 Å². The summed E-state index contributed by atoms with van der Waals surface area (Å²) in [5.74, 6) is 2.00. The summed E-state index contributed by atoms with van der Waals surface area (Å²) in [5.41, 5.74) is 2.62. The van der Waals surface area contributed by atoms with Gasteiger partial charge in [0.2, 0.25) is 0 Å². The molecular weight excluding hydrogens is 414 g/mol. The Hall–Kier alpha value is -2.85. The zero-order chi connectivity index (χ0) is 22.2. The number of hydrogen-bond acceptors (Lipinski definition) is 8. The Bertz CT molecular complexity index is 1090. The summed E-state index contributed by atoms with van der Waals surface area (Å²) in [6, 6.07) is 10.7. The molecule has 3 heterocycles. The molecule has 2 aromatic carbocycles. The zero-order valence-electron chi connectivity index (χ0n) is 18.2. The molecule has 0 aliphatic carbocycles. The molecule has 170 valence electrons. The van der Waals surface area contributed by atoms with Gasteiger partial charge in [0, 0.05) is 18.7 Å². The molecule has 2 aliphatic rings. The van der Waals surface area contributed by atoms with Gasteiger partial charge in [-0.25, -0.2) is 4.98 Å². The van der Waals surface area contributed by atoms with Crippen molar-refractivity contribution < 1.29 is 28.8 Å². The van der Waals surface area contributed by atoms with Crippen LogP contribution in [0.2, 0.25) is 0 Å². The highest BCUT2D eigenvalue weighted by atomic mass is 16.7. The Morgan fingerprint density at radius 2 is 1.84 bits per heavy atom. The van der Waals surface area contributed by atoms with Gasteiger partial charge >= 0.3 is 0 Å². The second-order valence-electron chi connectivity index (χ2n) is 7.96. The SMILES string of the molecule is COc1ccc(CN[C@H]2[C@H](O)[C@@H](n3cnc4cc(OC)c(OC)cc43)[C@@H]3OC[C@H]2O3)cc1. The number of benzene rings is 2. The Balaban J connectivity index is 1.42. The van der Waals surface area contributed by atoms with Crippen LogP contribution in [-0.2, 0) is 16.0 Å². The molecule has 0 radical (unpaired) electrons. The maximum Gasteiger partial charge on any atom is 0.181 e. The number of aromatic nitrogens is 2. The molecule has 0 amide bonds. The van der Waals surface area contributed by atoms with E-state index < -0.39 is 18.4 Å². The van der Waals surface area contributed by atoms with E-state index in [9.17, 15) is 5.11 Å². The van der Waals surface area contributed by atoms with Crippen LogP contribution in [0.3, 0.4) is 0 Å². The normalized spacial score (nSPS) is 26.9. The van der Waals surface area contributed by atoms with Crippen molar-refractivity contribution in [3.63, 3.8) is 0 Å². The minimum absolute atomic E-state index is 0.228. The van der Waals surface area contributed by atoms with Gasteiger partial charge in [0.05, 0.1) is 57.4 Å². The average Bonchev–Trinajstić information content (AvgIpc) is 3.44. The first-order valence-electron chi connectivity index (χ1n) is 10.5. The second-order valence-corrected chi connectivity index (χ2v) is 7.96. The Labute approximate surface area is 185 Å². The van der Waals surface area contributed by atoms with Crippen LogP contribution in [0.5, 0.6) is 17.2 Å². The Kier molecular flexibility index (Phi) is 5.64. The van der Waals surface area contributed by atoms with Crippen LogP contribution >= 0.6 is 0 Å². The lowest BCUT2D eigenvalue weighted by Gasteiger charge is -2.39. The van der Waals surface area contributed by atoms with E-state index >= 15 is 0 Å². The topological polar surface area (TPSA) is 96.2 Å². The minimum atomic E-state index is -0.745. The van der Waals surface area contributed by atoms with E-state index in [1.54, 1.807) is 27.7 Å². The van der Waals surface area contributed by atoms with Crippen LogP contribution in [0, 0.1) is 0 Å². The molecule has 2 saturated heterocycles. The van der Waals surface area contributed by atoms with Crippen molar-refractivity contribution in [2.24, 2.45) is 0 Å². The minimum Gasteiger partial charge on any atom is -0.497 e. The van der Waals surface area contributed by atoms with Crippen molar-refractivity contribution in [3.8, 4) is 17.2 Å². The third-order valence-electron chi connectivity index (χ3n) is 6.23. The number of fused-ring (bicyclic) bond motifs is 3. The number of rotatable bonds is 7. The van der Waals surface area contributed by atoms with E-state index in [-0.39, 0.29) is 12.1 Å². The van der Waals surface area contributed by atoms with E-state index in [0.29, 0.717) is 24.7 Å². The number of imidazole rings is 1. The van der Waals surface area contributed by atoms with Crippen molar-refractivity contribution >= 4 is 11.0 Å². The Morgan fingerprint density at radius 3 is 2.56 bits per heavy atom. The van der Waals surface area contributed by atoms with Crippen molar-refractivity contribution in [2.45, 2.75) is 37.1 Å². The van der Waals surface area contributed by atoms with Gasteiger partial charge in [0.15, 0.2) is 17.8 Å². The van der Waals surface area contributed by atoms with E-state index in [0.717, 1.165) is 22.3 Å². The predicted molar refractivity (Wildman–Crippen MR) is 116 cm³/mol. The highest BCUT2D eigenvalue weighted by Crippen LogP contribution is 2.39. The molecule has 32 heavy (non-hydrogen) atoms. The smallest absolute Gasteiger partial charge is 0.181 e. The van der Waals surface area contributed by atoms with Gasteiger partial charge in [-0.2, -0.15) is 0 Å². The van der Waals surface area contributed by atoms with E-state index in [4.69, 9.17) is 23.7 Å². The van der Waals surface area contributed by atoms with Crippen LogP contribution in [0.4, 0.5) is 0 Å². The molecule has 2 fully saturated rings. The fourth-order valence-corrected chi connectivity index (χ4v) is 4.52. The quantitative estimate of drug-likeness (QED) is 0.574. The molecule has 9 nitrogen and oxygen atoms in total. The first-order valence-corrected chi connectivity index (χ1v) is 10.5. The lowest BCUT2D eigenvalue weighted by molar-refractivity contribution is -0.164. The summed E-state index contributed by atoms with van der Waals surface area (Å²) in [6.07, 6.45) is 0.169. The molecule has 5 atom stereocenters. The number of methoxy groups -OCH3 is 3.